The number of amides is 3. The summed E-state index contributed by atoms with van der Waals surface area (Å²) in [5, 5.41) is 11.8. The predicted octanol–water partition coefficient (Wildman–Crippen LogP) is 1.56. The van der Waals surface area contributed by atoms with Crippen molar-refractivity contribution in [1.29, 1.82) is 0 Å². The average molecular weight is 977 g/mol. The van der Waals surface area contributed by atoms with Crippen LogP contribution in [0.15, 0.2) is 0 Å². The normalized spacial score (nSPS) is 22.3. The lowest BCUT2D eigenvalue weighted by molar-refractivity contribution is -0.266. The Morgan fingerprint density at radius 1 is 0.676 bits per heavy atom. The maximum Gasteiger partial charge on any atom is 0.303 e. The molecule has 6 unspecified atom stereocenters. The average Bonchev–Trinajstić information content (AvgIpc) is 3.28. The minimum atomic E-state index is -0.808. The van der Waals surface area contributed by atoms with Crippen molar-refractivity contribution < 1.29 is 85.7 Å². The SMILES string of the molecule is CNC(COCCC=O)(COCCC(=O)NCCCCCCOC1CC(OC(C)=O)C(OC(C)=O)C(COC)O1)COCCC(=O)NCCCCCCO[C@@H]1OC[C@H](OC(C)=O)CC1NC(C)=O. The van der Waals surface area contributed by atoms with E-state index in [1.807, 2.05) is 0 Å². The van der Waals surface area contributed by atoms with Gasteiger partial charge < -0.3 is 78.2 Å². The minimum absolute atomic E-state index is 0.124. The van der Waals surface area contributed by atoms with Crippen LogP contribution in [0.25, 0.3) is 0 Å². The first-order valence-electron chi connectivity index (χ1n) is 23.9. The highest BCUT2D eigenvalue weighted by atomic mass is 16.7. The number of rotatable bonds is 38. The van der Waals surface area contributed by atoms with Gasteiger partial charge in [-0.15, -0.1) is 0 Å². The molecule has 392 valence electrons. The van der Waals surface area contributed by atoms with Crippen molar-refractivity contribution >= 4 is 41.9 Å². The summed E-state index contributed by atoms with van der Waals surface area (Å²) in [6.07, 6.45) is 4.59. The number of methoxy groups -OCH3 is 1. The van der Waals surface area contributed by atoms with Crippen LogP contribution in [0, 0.1) is 0 Å². The predicted molar refractivity (Wildman–Crippen MR) is 243 cm³/mol. The number of ether oxygens (including phenoxy) is 11. The molecule has 22 heteroatoms. The summed E-state index contributed by atoms with van der Waals surface area (Å²) in [5.41, 5.74) is -0.783. The number of carbonyl (C=O) groups excluding carboxylic acids is 7. The Bertz CT molecular complexity index is 1480. The third-order valence-corrected chi connectivity index (χ3v) is 10.8. The maximum absolute atomic E-state index is 12.5. The number of aldehydes is 1. The van der Waals surface area contributed by atoms with E-state index in [9.17, 15) is 33.6 Å². The van der Waals surface area contributed by atoms with Gasteiger partial charge in [0, 0.05) is 93.2 Å². The molecule has 22 nitrogen and oxygen atoms in total. The third kappa shape index (κ3) is 27.4. The molecule has 2 aliphatic rings. The zero-order valence-electron chi connectivity index (χ0n) is 41.1. The molecule has 4 N–H and O–H groups in total. The lowest BCUT2D eigenvalue weighted by Crippen LogP contribution is -2.55. The van der Waals surface area contributed by atoms with Gasteiger partial charge in [0.15, 0.2) is 18.7 Å². The molecule has 8 atom stereocenters. The number of likely N-dealkylation sites (N-methyl/N-ethyl adjacent to an activating group) is 1. The molecule has 0 aromatic heterocycles. The van der Waals surface area contributed by atoms with E-state index in [2.05, 4.69) is 21.3 Å². The molecule has 2 saturated heterocycles. The Hall–Kier alpha value is -3.87. The molecule has 0 radical (unpaired) electrons. The Kier molecular flexibility index (Phi) is 32.0. The number of carbonyl (C=O) groups is 7. The molecular weight excluding hydrogens is 897 g/mol. The van der Waals surface area contributed by atoms with Gasteiger partial charge in [-0.25, -0.2) is 0 Å². The van der Waals surface area contributed by atoms with E-state index in [1.54, 1.807) is 7.05 Å². The van der Waals surface area contributed by atoms with E-state index < -0.39 is 66.5 Å². The van der Waals surface area contributed by atoms with Crippen LogP contribution >= 0.6 is 0 Å². The summed E-state index contributed by atoms with van der Waals surface area (Å²) < 4.78 is 62.2. The molecule has 0 spiro atoms. The number of esters is 3. The van der Waals surface area contributed by atoms with Crippen LogP contribution in [-0.4, -0.2) is 184 Å². The number of hydrogen-bond donors (Lipinski definition) is 4. The molecular formula is C46H80N4O18. The summed E-state index contributed by atoms with van der Waals surface area (Å²) in [6, 6.07) is -0.421. The molecule has 0 bridgehead atoms. The molecule has 68 heavy (non-hydrogen) atoms. The first-order valence-corrected chi connectivity index (χ1v) is 23.9. The van der Waals surface area contributed by atoms with E-state index >= 15 is 0 Å². The van der Waals surface area contributed by atoms with Gasteiger partial charge in [-0.2, -0.15) is 0 Å². The number of hydrogen-bond acceptors (Lipinski definition) is 19. The van der Waals surface area contributed by atoms with Crippen molar-refractivity contribution in [1.82, 2.24) is 21.3 Å². The Balaban J connectivity index is 1.59. The van der Waals surface area contributed by atoms with Gasteiger partial charge in [-0.05, 0) is 32.7 Å². The molecule has 0 aliphatic carbocycles. The van der Waals surface area contributed by atoms with Crippen LogP contribution in [0.4, 0.5) is 0 Å². The number of unbranched alkanes of at least 4 members (excludes halogenated alkanes) is 6. The highest BCUT2D eigenvalue weighted by molar-refractivity contribution is 5.76. The lowest BCUT2D eigenvalue weighted by Gasteiger charge is -2.40. The topological polar surface area (TPSA) is 269 Å². The molecule has 2 heterocycles. The van der Waals surface area contributed by atoms with Gasteiger partial charge >= 0.3 is 17.9 Å². The summed E-state index contributed by atoms with van der Waals surface area (Å²) in [5.74, 6) is -1.93. The van der Waals surface area contributed by atoms with Gasteiger partial charge in [-0.1, -0.05) is 25.7 Å². The van der Waals surface area contributed by atoms with Gasteiger partial charge in [-0.3, -0.25) is 28.8 Å². The summed E-state index contributed by atoms with van der Waals surface area (Å²) in [6.45, 7) is 8.57. The summed E-state index contributed by atoms with van der Waals surface area (Å²) >= 11 is 0. The molecule has 2 aliphatic heterocycles. The van der Waals surface area contributed by atoms with E-state index in [0.717, 1.165) is 57.7 Å². The zero-order chi connectivity index (χ0) is 50.0. The van der Waals surface area contributed by atoms with Crippen molar-refractivity contribution in [2.24, 2.45) is 0 Å². The molecule has 0 aromatic rings. The molecule has 0 aromatic carbocycles. The first kappa shape index (κ1) is 60.3. The molecule has 0 saturated carbocycles. The fourth-order valence-corrected chi connectivity index (χ4v) is 7.43. The first-order chi connectivity index (χ1) is 32.7. The van der Waals surface area contributed by atoms with Gasteiger partial charge in [0.2, 0.25) is 17.7 Å². The minimum Gasteiger partial charge on any atom is -0.460 e. The van der Waals surface area contributed by atoms with E-state index in [-0.39, 0.29) is 96.3 Å². The smallest absolute Gasteiger partial charge is 0.303 e. The molecule has 2 rings (SSSR count). The molecule has 3 amide bonds. The molecule has 2 fully saturated rings. The van der Waals surface area contributed by atoms with Crippen LogP contribution in [0.5, 0.6) is 0 Å². The van der Waals surface area contributed by atoms with Gasteiger partial charge in [0.25, 0.3) is 0 Å². The van der Waals surface area contributed by atoms with Crippen molar-refractivity contribution in [2.45, 2.75) is 160 Å². The summed E-state index contributed by atoms with van der Waals surface area (Å²) in [4.78, 5) is 82.2. The zero-order valence-corrected chi connectivity index (χ0v) is 41.1. The monoisotopic (exact) mass is 977 g/mol. The van der Waals surface area contributed by atoms with Crippen LogP contribution in [0.1, 0.15) is 111 Å². The van der Waals surface area contributed by atoms with Crippen molar-refractivity contribution in [3.8, 4) is 0 Å². The second-order valence-electron chi connectivity index (χ2n) is 16.9. The second-order valence-corrected chi connectivity index (χ2v) is 16.9. The van der Waals surface area contributed by atoms with E-state index in [0.29, 0.717) is 32.7 Å². The van der Waals surface area contributed by atoms with Crippen molar-refractivity contribution in [3.05, 3.63) is 0 Å². The fraction of sp³-hybridized carbons (Fsp3) is 0.848. The maximum atomic E-state index is 12.5. The standard InChI is InChI=1S/C46H80N4O18/c1-33(52)50-38-26-37(65-34(2)53)28-64-45(38)63-23-14-10-8-12-19-49-42(57)17-25-61-32-46(47-5,30-59-21-15-20-51)31-60-24-16-41(56)48-18-11-7-9-13-22-62-43-27-39(66-35(3)54)44(67-36(4)55)40(68-43)29-58-6/h20,37-40,43-45,47H,7-19,21-32H2,1-6H3,(H,48,56)(H,49,57)(H,50,52)/t37-,38?,39?,40?,43?,44?,45-,46?/m1/s1. The van der Waals surface area contributed by atoms with E-state index in [1.165, 1.54) is 34.8 Å². The highest BCUT2D eigenvalue weighted by Crippen LogP contribution is 2.27. The largest absolute Gasteiger partial charge is 0.460 e. The lowest BCUT2D eigenvalue weighted by atomic mass is 10.0. The van der Waals surface area contributed by atoms with Crippen LogP contribution in [0.3, 0.4) is 0 Å². The van der Waals surface area contributed by atoms with Crippen molar-refractivity contribution in [3.63, 3.8) is 0 Å². The van der Waals surface area contributed by atoms with Crippen LogP contribution < -0.4 is 21.3 Å². The van der Waals surface area contributed by atoms with Crippen molar-refractivity contribution in [2.75, 3.05) is 93.3 Å². The van der Waals surface area contributed by atoms with Gasteiger partial charge in [0.05, 0.1) is 64.4 Å². The van der Waals surface area contributed by atoms with E-state index in [4.69, 9.17) is 52.1 Å². The summed E-state index contributed by atoms with van der Waals surface area (Å²) in [7, 11) is 3.24. The van der Waals surface area contributed by atoms with Gasteiger partial charge in [0.1, 0.15) is 24.6 Å². The Morgan fingerprint density at radius 3 is 1.76 bits per heavy atom. The highest BCUT2D eigenvalue weighted by Gasteiger charge is 2.43. The third-order valence-electron chi connectivity index (χ3n) is 10.8. The Labute approximate surface area is 401 Å². The van der Waals surface area contributed by atoms with Crippen LogP contribution in [0.2, 0.25) is 0 Å². The Morgan fingerprint density at radius 2 is 1.24 bits per heavy atom. The quantitative estimate of drug-likeness (QED) is 0.0296. The second kappa shape index (κ2) is 36.1. The van der Waals surface area contributed by atoms with Crippen LogP contribution in [-0.2, 0) is 85.7 Å². The fourth-order valence-electron chi connectivity index (χ4n) is 7.43. The number of nitrogens with one attached hydrogen (secondary N) is 4.